The Labute approximate surface area is 83.7 Å². The van der Waals surface area contributed by atoms with E-state index in [1.807, 2.05) is 0 Å². The van der Waals surface area contributed by atoms with Gasteiger partial charge in [-0.3, -0.25) is 0 Å². The Balaban J connectivity index is 0.000000500. The first-order chi connectivity index (χ1) is 6.65. The summed E-state index contributed by atoms with van der Waals surface area (Å²) < 4.78 is 0. The Morgan fingerprint density at radius 1 is 1.29 bits per heavy atom. The van der Waals surface area contributed by atoms with Crippen LogP contribution in [0.2, 0.25) is 0 Å². The van der Waals surface area contributed by atoms with Crippen molar-refractivity contribution in [3.8, 4) is 5.75 Å². The first-order valence-electron chi connectivity index (χ1n) is 4.42. The maximum Gasteiger partial charge on any atom is 0.170 e. The van der Waals surface area contributed by atoms with E-state index in [9.17, 15) is 0 Å². The standard InChI is InChI=1S/C7H8N2O2.C3H8/c8-7(9-11)5-1-3-6(10)4-2-5;1-3-2/h1-4,10-11H,(H2,8,9);3H2,1-2H3. The number of hydrogen-bond acceptors (Lipinski definition) is 3. The second-order valence-corrected chi connectivity index (χ2v) is 2.74. The number of nitrogens with two attached hydrogens (primary N) is 1. The summed E-state index contributed by atoms with van der Waals surface area (Å²) in [5.41, 5.74) is 5.84. The van der Waals surface area contributed by atoms with Crippen molar-refractivity contribution in [1.29, 1.82) is 0 Å². The van der Waals surface area contributed by atoms with Crippen molar-refractivity contribution in [1.82, 2.24) is 0 Å². The Morgan fingerprint density at radius 3 is 2.07 bits per heavy atom. The second-order valence-electron chi connectivity index (χ2n) is 2.74. The average Bonchev–Trinajstić information content (AvgIpc) is 2.19. The van der Waals surface area contributed by atoms with Gasteiger partial charge in [0.2, 0.25) is 0 Å². The summed E-state index contributed by atoms with van der Waals surface area (Å²) in [5, 5.41) is 19.9. The van der Waals surface area contributed by atoms with Crippen molar-refractivity contribution in [2.75, 3.05) is 0 Å². The van der Waals surface area contributed by atoms with Gasteiger partial charge >= 0.3 is 0 Å². The van der Waals surface area contributed by atoms with Crippen LogP contribution < -0.4 is 5.73 Å². The molecule has 0 saturated heterocycles. The van der Waals surface area contributed by atoms with Crippen LogP contribution in [-0.4, -0.2) is 16.1 Å². The molecule has 0 aliphatic rings. The summed E-state index contributed by atoms with van der Waals surface area (Å²) in [7, 11) is 0. The molecule has 1 rings (SSSR count). The number of hydrogen-bond donors (Lipinski definition) is 3. The zero-order valence-corrected chi connectivity index (χ0v) is 8.44. The molecule has 0 aliphatic carbocycles. The summed E-state index contributed by atoms with van der Waals surface area (Å²) in [4.78, 5) is 0. The van der Waals surface area contributed by atoms with Gasteiger partial charge in [0.15, 0.2) is 5.84 Å². The lowest BCUT2D eigenvalue weighted by Gasteiger charge is -1.96. The normalized spacial score (nSPS) is 10.3. The molecule has 0 heterocycles. The maximum absolute atomic E-state index is 8.87. The molecule has 0 bridgehead atoms. The zero-order valence-electron chi connectivity index (χ0n) is 8.44. The highest BCUT2D eigenvalue weighted by Gasteiger charge is 1.96. The third kappa shape index (κ3) is 4.35. The quantitative estimate of drug-likeness (QED) is 0.278. The van der Waals surface area contributed by atoms with E-state index in [0.717, 1.165) is 0 Å². The van der Waals surface area contributed by atoms with Gasteiger partial charge in [-0.05, 0) is 24.3 Å². The van der Waals surface area contributed by atoms with E-state index in [4.69, 9.17) is 16.0 Å². The van der Waals surface area contributed by atoms with Crippen LogP contribution in [0.1, 0.15) is 25.8 Å². The van der Waals surface area contributed by atoms with Gasteiger partial charge < -0.3 is 16.0 Å². The molecule has 78 valence electrons. The smallest absolute Gasteiger partial charge is 0.170 e. The van der Waals surface area contributed by atoms with E-state index in [1.54, 1.807) is 12.1 Å². The summed E-state index contributed by atoms with van der Waals surface area (Å²) in [5.74, 6) is 0.185. The number of nitrogens with zero attached hydrogens (tertiary/aromatic N) is 1. The SMILES string of the molecule is CCC.N/C(=N\O)c1ccc(O)cc1. The molecular formula is C10H16N2O2. The molecule has 0 aliphatic heterocycles. The molecule has 0 atom stereocenters. The predicted octanol–water partition coefficient (Wildman–Crippen LogP) is 1.90. The van der Waals surface area contributed by atoms with Gasteiger partial charge in [-0.25, -0.2) is 0 Å². The lowest BCUT2D eigenvalue weighted by atomic mass is 10.2. The van der Waals surface area contributed by atoms with Crippen LogP contribution in [0.5, 0.6) is 5.75 Å². The fourth-order valence-corrected chi connectivity index (χ4v) is 0.690. The van der Waals surface area contributed by atoms with Crippen molar-refractivity contribution in [3.63, 3.8) is 0 Å². The lowest BCUT2D eigenvalue weighted by Crippen LogP contribution is -2.12. The molecule has 4 heteroatoms. The number of amidine groups is 1. The molecule has 0 saturated carbocycles. The van der Waals surface area contributed by atoms with Crippen molar-refractivity contribution in [2.45, 2.75) is 20.3 Å². The Bertz CT molecular complexity index is 281. The average molecular weight is 196 g/mol. The minimum atomic E-state index is 0.0324. The minimum Gasteiger partial charge on any atom is -0.508 e. The summed E-state index contributed by atoms with van der Waals surface area (Å²) in [6.07, 6.45) is 1.25. The molecular weight excluding hydrogens is 180 g/mol. The van der Waals surface area contributed by atoms with Gasteiger partial charge in [0.1, 0.15) is 5.75 Å². The molecule has 4 N–H and O–H groups in total. The Morgan fingerprint density at radius 2 is 1.71 bits per heavy atom. The highest BCUT2D eigenvalue weighted by Crippen LogP contribution is 2.08. The highest BCUT2D eigenvalue weighted by atomic mass is 16.4. The molecule has 0 amide bonds. The molecule has 0 radical (unpaired) electrons. The fourth-order valence-electron chi connectivity index (χ4n) is 0.690. The van der Waals surface area contributed by atoms with E-state index in [2.05, 4.69) is 19.0 Å². The van der Waals surface area contributed by atoms with E-state index >= 15 is 0 Å². The lowest BCUT2D eigenvalue weighted by molar-refractivity contribution is 0.318. The first-order valence-corrected chi connectivity index (χ1v) is 4.42. The molecule has 4 nitrogen and oxygen atoms in total. The van der Waals surface area contributed by atoms with Gasteiger partial charge in [-0.2, -0.15) is 0 Å². The molecule has 0 unspecified atom stereocenters. The zero-order chi connectivity index (χ0) is 11.0. The highest BCUT2D eigenvalue weighted by molar-refractivity contribution is 5.97. The number of rotatable bonds is 1. The first kappa shape index (κ1) is 12.3. The topological polar surface area (TPSA) is 78.8 Å². The maximum atomic E-state index is 8.87. The Hall–Kier alpha value is -1.71. The third-order valence-corrected chi connectivity index (χ3v) is 1.27. The van der Waals surface area contributed by atoms with Gasteiger partial charge in [0.05, 0.1) is 0 Å². The number of phenolic OH excluding ortho intramolecular Hbond substituents is 1. The van der Waals surface area contributed by atoms with Crippen LogP contribution in [-0.2, 0) is 0 Å². The van der Waals surface area contributed by atoms with Crippen LogP contribution in [0, 0.1) is 0 Å². The second kappa shape index (κ2) is 6.77. The Kier molecular flexibility index (Phi) is 5.94. The third-order valence-electron chi connectivity index (χ3n) is 1.27. The summed E-state index contributed by atoms with van der Waals surface area (Å²) in [6.45, 7) is 4.25. The van der Waals surface area contributed by atoms with Crippen molar-refractivity contribution in [2.24, 2.45) is 10.9 Å². The summed E-state index contributed by atoms with van der Waals surface area (Å²) in [6, 6.07) is 6.05. The number of benzene rings is 1. The van der Waals surface area contributed by atoms with Crippen LogP contribution in [0.15, 0.2) is 29.4 Å². The van der Waals surface area contributed by atoms with Gasteiger partial charge in [0.25, 0.3) is 0 Å². The minimum absolute atomic E-state index is 0.0324. The number of aromatic hydroxyl groups is 1. The largest absolute Gasteiger partial charge is 0.508 e. The monoisotopic (exact) mass is 196 g/mol. The van der Waals surface area contributed by atoms with E-state index in [-0.39, 0.29) is 11.6 Å². The number of oxime groups is 1. The van der Waals surface area contributed by atoms with E-state index < -0.39 is 0 Å². The van der Waals surface area contributed by atoms with Crippen molar-refractivity contribution in [3.05, 3.63) is 29.8 Å². The molecule has 14 heavy (non-hydrogen) atoms. The van der Waals surface area contributed by atoms with Crippen molar-refractivity contribution < 1.29 is 10.3 Å². The van der Waals surface area contributed by atoms with E-state index in [0.29, 0.717) is 5.56 Å². The van der Waals surface area contributed by atoms with E-state index in [1.165, 1.54) is 18.6 Å². The van der Waals surface area contributed by atoms with Crippen LogP contribution in [0.3, 0.4) is 0 Å². The van der Waals surface area contributed by atoms with Gasteiger partial charge in [-0.1, -0.05) is 25.4 Å². The predicted molar refractivity (Wildman–Crippen MR) is 56.6 cm³/mol. The number of phenols is 1. The van der Waals surface area contributed by atoms with Gasteiger partial charge in [-0.15, -0.1) is 0 Å². The molecule has 1 aromatic rings. The summed E-state index contributed by atoms with van der Waals surface area (Å²) >= 11 is 0. The van der Waals surface area contributed by atoms with Crippen LogP contribution in [0.25, 0.3) is 0 Å². The molecule has 0 spiro atoms. The van der Waals surface area contributed by atoms with Crippen LogP contribution in [0.4, 0.5) is 0 Å². The molecule has 0 aromatic heterocycles. The molecule has 0 fully saturated rings. The van der Waals surface area contributed by atoms with Crippen molar-refractivity contribution >= 4 is 5.84 Å². The van der Waals surface area contributed by atoms with Crippen LogP contribution >= 0.6 is 0 Å². The fraction of sp³-hybridized carbons (Fsp3) is 0.300. The van der Waals surface area contributed by atoms with Gasteiger partial charge in [0, 0.05) is 5.56 Å². The molecule has 1 aromatic carbocycles.